The first-order valence-electron chi connectivity index (χ1n) is 9.91. The summed E-state index contributed by atoms with van der Waals surface area (Å²) >= 11 is 0. The van der Waals surface area contributed by atoms with Crippen LogP contribution in [0, 0.1) is 6.92 Å². The molecule has 2 heterocycles. The second-order valence-corrected chi connectivity index (χ2v) is 7.54. The normalized spacial score (nSPS) is 11.8. The molecule has 30 heavy (non-hydrogen) atoms. The van der Waals surface area contributed by atoms with Crippen molar-refractivity contribution >= 4 is 28.4 Å². The Bertz CT molecular complexity index is 1270. The van der Waals surface area contributed by atoms with Crippen LogP contribution in [0.4, 0.5) is 11.5 Å². The third-order valence-electron chi connectivity index (χ3n) is 4.82. The lowest BCUT2D eigenvalue weighted by Gasteiger charge is -2.08. The number of rotatable bonds is 4. The fourth-order valence-electron chi connectivity index (χ4n) is 3.11. The van der Waals surface area contributed by atoms with E-state index in [1.807, 2.05) is 55.5 Å². The average Bonchev–Trinajstić information content (AvgIpc) is 2.75. The van der Waals surface area contributed by atoms with Gasteiger partial charge in [-0.1, -0.05) is 50.2 Å². The van der Waals surface area contributed by atoms with Crippen LogP contribution in [-0.2, 0) is 0 Å². The third kappa shape index (κ3) is 4.30. The molecule has 0 saturated heterocycles. The lowest BCUT2D eigenvalue weighted by Crippen LogP contribution is -2.22. The van der Waals surface area contributed by atoms with E-state index in [1.165, 1.54) is 5.56 Å². The van der Waals surface area contributed by atoms with Gasteiger partial charge in [-0.25, -0.2) is 9.98 Å². The van der Waals surface area contributed by atoms with Crippen LogP contribution in [0.1, 0.15) is 41.3 Å². The molecular formula is C25H23N3O2. The second kappa shape index (κ2) is 8.33. The minimum absolute atomic E-state index is 0.263. The summed E-state index contributed by atoms with van der Waals surface area (Å²) in [7, 11) is 0. The van der Waals surface area contributed by atoms with Crippen molar-refractivity contribution in [2.75, 3.05) is 5.32 Å². The van der Waals surface area contributed by atoms with Crippen LogP contribution in [0.25, 0.3) is 11.0 Å². The fourth-order valence-corrected chi connectivity index (χ4v) is 3.11. The number of amides is 1. The van der Waals surface area contributed by atoms with Gasteiger partial charge in [0.2, 0.25) is 5.55 Å². The van der Waals surface area contributed by atoms with E-state index in [0.29, 0.717) is 22.9 Å². The summed E-state index contributed by atoms with van der Waals surface area (Å²) in [6.45, 7) is 6.21. The average molecular weight is 397 g/mol. The van der Waals surface area contributed by atoms with Gasteiger partial charge in [-0.05, 0) is 54.3 Å². The number of carbonyl (C=O) groups is 1. The van der Waals surface area contributed by atoms with Crippen molar-refractivity contribution in [3.05, 3.63) is 95.2 Å². The minimum atomic E-state index is -0.320. The molecule has 0 aliphatic carbocycles. The standard InChI is InChI=1S/C25H23N3O2/c1-16(2)18-8-6-9-20(13-18)27-25-21(14-19-7-4-5-10-22(19)30-25)24(29)28-23-12-11-17(3)15-26-23/h4-16H,1-3H3,(H,26,28,29). The van der Waals surface area contributed by atoms with Gasteiger partial charge in [-0.15, -0.1) is 0 Å². The third-order valence-corrected chi connectivity index (χ3v) is 4.82. The van der Waals surface area contributed by atoms with Gasteiger partial charge in [-0.3, -0.25) is 4.79 Å². The highest BCUT2D eigenvalue weighted by atomic mass is 16.3. The predicted molar refractivity (Wildman–Crippen MR) is 119 cm³/mol. The largest absolute Gasteiger partial charge is 0.438 e. The number of anilines is 1. The minimum Gasteiger partial charge on any atom is -0.438 e. The molecule has 1 N–H and O–H groups in total. The first-order chi connectivity index (χ1) is 14.5. The van der Waals surface area contributed by atoms with Crippen LogP contribution >= 0.6 is 0 Å². The molecule has 0 aliphatic heterocycles. The smallest absolute Gasteiger partial charge is 0.262 e. The Hall–Kier alpha value is -3.73. The Balaban J connectivity index is 1.82. The van der Waals surface area contributed by atoms with Gasteiger partial charge >= 0.3 is 0 Å². The van der Waals surface area contributed by atoms with E-state index in [2.05, 4.69) is 35.2 Å². The number of nitrogens with zero attached hydrogens (tertiary/aromatic N) is 2. The SMILES string of the molecule is Cc1ccc(NC(=O)c2cc3ccccc3oc2=Nc2cccc(C(C)C)c2)nc1. The molecule has 4 rings (SSSR count). The Morgan fingerprint density at radius 1 is 1.03 bits per heavy atom. The number of hydrogen-bond acceptors (Lipinski definition) is 4. The second-order valence-electron chi connectivity index (χ2n) is 7.54. The zero-order valence-electron chi connectivity index (χ0n) is 17.2. The quantitative estimate of drug-likeness (QED) is 0.477. The zero-order valence-corrected chi connectivity index (χ0v) is 17.2. The van der Waals surface area contributed by atoms with Crippen LogP contribution in [0.3, 0.4) is 0 Å². The maximum Gasteiger partial charge on any atom is 0.262 e. The van der Waals surface area contributed by atoms with Crippen molar-refractivity contribution in [1.82, 2.24) is 4.98 Å². The monoisotopic (exact) mass is 397 g/mol. The van der Waals surface area contributed by atoms with Crippen molar-refractivity contribution in [1.29, 1.82) is 0 Å². The topological polar surface area (TPSA) is 67.5 Å². The number of pyridine rings is 1. The van der Waals surface area contributed by atoms with E-state index < -0.39 is 0 Å². The van der Waals surface area contributed by atoms with E-state index in [0.717, 1.165) is 16.6 Å². The number of aryl methyl sites for hydroxylation is 1. The number of carbonyl (C=O) groups excluding carboxylic acids is 1. The van der Waals surface area contributed by atoms with Gasteiger partial charge in [0, 0.05) is 11.6 Å². The summed E-state index contributed by atoms with van der Waals surface area (Å²) in [6, 6.07) is 21.0. The van der Waals surface area contributed by atoms with Crippen LogP contribution in [0.5, 0.6) is 0 Å². The highest BCUT2D eigenvalue weighted by Crippen LogP contribution is 2.21. The molecule has 0 aliphatic rings. The molecular weight excluding hydrogens is 374 g/mol. The molecule has 2 aromatic heterocycles. The van der Waals surface area contributed by atoms with E-state index >= 15 is 0 Å². The molecule has 4 aromatic rings. The summed E-state index contributed by atoms with van der Waals surface area (Å²) in [5.41, 5.74) is 4.22. The Kier molecular flexibility index (Phi) is 5.44. The molecule has 0 saturated carbocycles. The van der Waals surface area contributed by atoms with Crippen molar-refractivity contribution in [3.8, 4) is 0 Å². The van der Waals surface area contributed by atoms with E-state index in [1.54, 1.807) is 18.3 Å². The maximum absolute atomic E-state index is 13.1. The summed E-state index contributed by atoms with van der Waals surface area (Å²) in [5.74, 6) is 0.537. The molecule has 0 bridgehead atoms. The Morgan fingerprint density at radius 2 is 1.87 bits per heavy atom. The number of benzene rings is 2. The van der Waals surface area contributed by atoms with Gasteiger partial charge in [0.15, 0.2) is 0 Å². The molecule has 0 radical (unpaired) electrons. The summed E-state index contributed by atoms with van der Waals surface area (Å²) < 4.78 is 6.03. The van der Waals surface area contributed by atoms with Gasteiger partial charge in [0.1, 0.15) is 17.0 Å². The number of nitrogens with one attached hydrogen (secondary N) is 1. The van der Waals surface area contributed by atoms with E-state index in [9.17, 15) is 4.79 Å². The van der Waals surface area contributed by atoms with Crippen LogP contribution in [0.15, 0.2) is 82.3 Å². The molecule has 0 atom stereocenters. The van der Waals surface area contributed by atoms with Gasteiger partial charge in [-0.2, -0.15) is 0 Å². The molecule has 0 fully saturated rings. The molecule has 1 amide bonds. The molecule has 0 spiro atoms. The number of para-hydroxylation sites is 1. The molecule has 5 heteroatoms. The first kappa shape index (κ1) is 19.6. The molecule has 2 aromatic carbocycles. The summed E-state index contributed by atoms with van der Waals surface area (Å²) in [6.07, 6.45) is 1.71. The zero-order chi connectivity index (χ0) is 21.1. The summed E-state index contributed by atoms with van der Waals surface area (Å²) in [5, 5.41) is 3.66. The summed E-state index contributed by atoms with van der Waals surface area (Å²) in [4.78, 5) is 22.0. The molecule has 0 unspecified atom stereocenters. The fraction of sp³-hybridized carbons (Fsp3) is 0.160. The van der Waals surface area contributed by atoms with E-state index in [4.69, 9.17) is 4.42 Å². The number of fused-ring (bicyclic) bond motifs is 1. The van der Waals surface area contributed by atoms with Crippen LogP contribution in [0.2, 0.25) is 0 Å². The molecule has 150 valence electrons. The Labute approximate surface area is 175 Å². The number of aromatic nitrogens is 1. The maximum atomic E-state index is 13.1. The lowest BCUT2D eigenvalue weighted by molar-refractivity contribution is 0.102. The van der Waals surface area contributed by atoms with E-state index in [-0.39, 0.29) is 11.5 Å². The van der Waals surface area contributed by atoms with Gasteiger partial charge < -0.3 is 9.73 Å². The Morgan fingerprint density at radius 3 is 2.63 bits per heavy atom. The lowest BCUT2D eigenvalue weighted by atomic mass is 10.0. The predicted octanol–water partition coefficient (Wildman–Crippen LogP) is 5.74. The van der Waals surface area contributed by atoms with Gasteiger partial charge in [0.05, 0.1) is 5.69 Å². The van der Waals surface area contributed by atoms with Gasteiger partial charge in [0.25, 0.3) is 5.91 Å². The first-order valence-corrected chi connectivity index (χ1v) is 9.91. The van der Waals surface area contributed by atoms with Crippen molar-refractivity contribution < 1.29 is 9.21 Å². The van der Waals surface area contributed by atoms with Crippen LogP contribution in [-0.4, -0.2) is 10.9 Å². The van der Waals surface area contributed by atoms with Crippen molar-refractivity contribution in [3.63, 3.8) is 0 Å². The van der Waals surface area contributed by atoms with Crippen molar-refractivity contribution in [2.45, 2.75) is 26.7 Å². The highest BCUT2D eigenvalue weighted by molar-refractivity contribution is 6.04. The van der Waals surface area contributed by atoms with Crippen molar-refractivity contribution in [2.24, 2.45) is 4.99 Å². The highest BCUT2D eigenvalue weighted by Gasteiger charge is 2.14. The van der Waals surface area contributed by atoms with Crippen LogP contribution < -0.4 is 10.9 Å². The molecule has 5 nitrogen and oxygen atoms in total. The number of hydrogen-bond donors (Lipinski definition) is 1.